The molecular formula is C28H43BrN2O. The lowest BCUT2D eigenvalue weighted by molar-refractivity contribution is -0.120. The van der Waals surface area contributed by atoms with Crippen LogP contribution in [0.25, 0.3) is 5.70 Å². The average Bonchev–Trinajstić information content (AvgIpc) is 2.81. The third-order valence-electron chi connectivity index (χ3n) is 6.37. The number of carbonyl (C=O) groups excluding carboxylic acids is 1. The minimum atomic E-state index is -0.0455. The van der Waals surface area contributed by atoms with Crippen LogP contribution in [-0.4, -0.2) is 12.8 Å². The van der Waals surface area contributed by atoms with Crippen LogP contribution in [0.2, 0.25) is 0 Å². The number of Topliss-reactive ketones (excluding diaryl/α,β-unsaturated/α-hetero) is 1. The van der Waals surface area contributed by atoms with Crippen LogP contribution >= 0.6 is 15.9 Å². The Labute approximate surface area is 205 Å². The number of hydrogen-bond acceptors (Lipinski definition) is 3. The topological polar surface area (TPSA) is 41.1 Å². The highest BCUT2D eigenvalue weighted by molar-refractivity contribution is 9.12. The van der Waals surface area contributed by atoms with Crippen LogP contribution in [0, 0.1) is 24.7 Å². The summed E-state index contributed by atoms with van der Waals surface area (Å²) in [6, 6.07) is 8.08. The molecule has 32 heavy (non-hydrogen) atoms. The van der Waals surface area contributed by atoms with Crippen molar-refractivity contribution in [1.82, 2.24) is 10.6 Å². The first-order valence-corrected chi connectivity index (χ1v) is 12.8. The van der Waals surface area contributed by atoms with E-state index in [0.717, 1.165) is 16.8 Å². The summed E-state index contributed by atoms with van der Waals surface area (Å²) < 4.78 is 0.655. The molecule has 2 unspecified atom stereocenters. The molecule has 0 amide bonds. The van der Waals surface area contributed by atoms with Crippen LogP contribution in [-0.2, 0) is 4.79 Å². The van der Waals surface area contributed by atoms with E-state index in [-0.39, 0.29) is 11.7 Å². The van der Waals surface area contributed by atoms with Gasteiger partial charge in [-0.3, -0.25) is 4.79 Å². The molecule has 1 aliphatic carbocycles. The van der Waals surface area contributed by atoms with E-state index in [4.69, 9.17) is 0 Å². The standard InChI is InChI=1S/C25H35BrN2O.C3H8/c1-16-12-10-11-15-22(16)20(5)28-25(27-6)23(26)19(4)24(29)18(3)17(2)21-13-8-7-9-14-21;1-3-2/h10-12,15,17-18,21,27-28H,4-5,7-9,13-14H2,1-3,6H3;3H2,1-2H3/b25-23-;. The molecule has 1 aromatic rings. The number of halogens is 1. The zero-order chi connectivity index (χ0) is 24.3. The maximum absolute atomic E-state index is 13.2. The SMILES string of the molecule is C=C(C(=O)C(C)C(C)C1CCCCC1)/C(Br)=C(\NC)NC(=C)c1ccccc1C.CCC. The molecule has 0 heterocycles. The van der Waals surface area contributed by atoms with Gasteiger partial charge in [0.25, 0.3) is 0 Å². The Bertz CT molecular complexity index is 805. The van der Waals surface area contributed by atoms with Gasteiger partial charge in [0, 0.05) is 29.8 Å². The average molecular weight is 504 g/mol. The zero-order valence-electron chi connectivity index (χ0n) is 21.0. The Morgan fingerprint density at radius 2 is 1.69 bits per heavy atom. The lowest BCUT2D eigenvalue weighted by atomic mass is 9.73. The predicted molar refractivity (Wildman–Crippen MR) is 143 cm³/mol. The molecule has 0 aliphatic heterocycles. The van der Waals surface area contributed by atoms with E-state index < -0.39 is 0 Å². The molecule has 1 fully saturated rings. The van der Waals surface area contributed by atoms with Crippen molar-refractivity contribution in [2.45, 2.75) is 73.1 Å². The molecule has 1 saturated carbocycles. The lowest BCUT2D eigenvalue weighted by Crippen LogP contribution is -2.29. The third kappa shape index (κ3) is 7.95. The van der Waals surface area contributed by atoms with Gasteiger partial charge in [-0.2, -0.15) is 0 Å². The zero-order valence-corrected chi connectivity index (χ0v) is 22.6. The van der Waals surface area contributed by atoms with Gasteiger partial charge in [0.05, 0.1) is 4.48 Å². The van der Waals surface area contributed by atoms with E-state index in [2.05, 4.69) is 73.5 Å². The Hall–Kier alpha value is -1.81. The number of rotatable bonds is 9. The normalized spacial score (nSPS) is 16.6. The maximum Gasteiger partial charge on any atom is 0.166 e. The van der Waals surface area contributed by atoms with Crippen molar-refractivity contribution >= 4 is 27.4 Å². The number of ketones is 1. The molecule has 4 heteroatoms. The van der Waals surface area contributed by atoms with Crippen molar-refractivity contribution in [2.24, 2.45) is 17.8 Å². The smallest absolute Gasteiger partial charge is 0.166 e. The Morgan fingerprint density at radius 1 is 1.12 bits per heavy atom. The van der Waals surface area contributed by atoms with Crippen LogP contribution < -0.4 is 10.6 Å². The van der Waals surface area contributed by atoms with Gasteiger partial charge >= 0.3 is 0 Å². The molecule has 1 aliphatic rings. The summed E-state index contributed by atoms with van der Waals surface area (Å²) in [6.07, 6.45) is 7.63. The molecule has 2 atom stereocenters. The molecule has 3 nitrogen and oxygen atoms in total. The molecule has 178 valence electrons. The monoisotopic (exact) mass is 502 g/mol. The third-order valence-corrected chi connectivity index (χ3v) is 7.25. The van der Waals surface area contributed by atoms with Crippen LogP contribution in [0.5, 0.6) is 0 Å². The molecule has 2 rings (SSSR count). The molecule has 0 bridgehead atoms. The largest absolute Gasteiger partial charge is 0.374 e. The number of aryl methyl sites for hydroxylation is 1. The van der Waals surface area contributed by atoms with Crippen molar-refractivity contribution in [3.8, 4) is 0 Å². The fraction of sp³-hybridized carbons (Fsp3) is 0.536. The van der Waals surface area contributed by atoms with Crippen molar-refractivity contribution in [1.29, 1.82) is 0 Å². The first-order chi connectivity index (χ1) is 15.2. The molecule has 1 aromatic carbocycles. The quantitative estimate of drug-likeness (QED) is 0.268. The second-order valence-corrected chi connectivity index (χ2v) is 9.75. The highest BCUT2D eigenvalue weighted by Gasteiger charge is 2.30. The minimum Gasteiger partial charge on any atom is -0.374 e. The summed E-state index contributed by atoms with van der Waals surface area (Å²) in [7, 11) is 1.82. The van der Waals surface area contributed by atoms with E-state index in [1.807, 2.05) is 32.2 Å². The van der Waals surface area contributed by atoms with Crippen LogP contribution in [0.3, 0.4) is 0 Å². The number of nitrogens with one attached hydrogen (secondary N) is 2. The van der Waals surface area contributed by atoms with Gasteiger partial charge in [-0.05, 0) is 40.3 Å². The van der Waals surface area contributed by atoms with Gasteiger partial charge in [0.2, 0.25) is 0 Å². The number of hydrogen-bond donors (Lipinski definition) is 2. The lowest BCUT2D eigenvalue weighted by Gasteiger charge is -2.31. The van der Waals surface area contributed by atoms with E-state index in [1.54, 1.807) is 0 Å². The van der Waals surface area contributed by atoms with Gasteiger partial charge in [0.15, 0.2) is 5.78 Å². The van der Waals surface area contributed by atoms with Crippen molar-refractivity contribution in [2.75, 3.05) is 7.05 Å². The van der Waals surface area contributed by atoms with Gasteiger partial charge in [-0.1, -0.05) is 104 Å². The van der Waals surface area contributed by atoms with Gasteiger partial charge in [0.1, 0.15) is 5.82 Å². The van der Waals surface area contributed by atoms with E-state index in [0.29, 0.717) is 27.7 Å². The first kappa shape index (κ1) is 28.2. The molecule has 0 spiro atoms. The Balaban J connectivity index is 0.00000161. The second kappa shape index (κ2) is 14.4. The van der Waals surface area contributed by atoms with Gasteiger partial charge in [-0.15, -0.1) is 0 Å². The molecule has 0 saturated heterocycles. The molecule has 0 aromatic heterocycles. The highest BCUT2D eigenvalue weighted by Crippen LogP contribution is 2.36. The summed E-state index contributed by atoms with van der Waals surface area (Å²) >= 11 is 3.60. The number of benzene rings is 1. The fourth-order valence-corrected chi connectivity index (χ4v) is 4.69. The first-order valence-electron chi connectivity index (χ1n) is 12.0. The van der Waals surface area contributed by atoms with Crippen LogP contribution in [0.4, 0.5) is 0 Å². The summed E-state index contributed by atoms with van der Waals surface area (Å²) in [6.45, 7) is 18.8. The summed E-state index contributed by atoms with van der Waals surface area (Å²) in [5.41, 5.74) is 3.45. The van der Waals surface area contributed by atoms with Crippen molar-refractivity contribution in [3.63, 3.8) is 0 Å². The summed E-state index contributed by atoms with van der Waals surface area (Å²) in [4.78, 5) is 13.2. The Morgan fingerprint density at radius 3 is 2.22 bits per heavy atom. The van der Waals surface area contributed by atoms with Crippen LogP contribution in [0.15, 0.2) is 53.3 Å². The highest BCUT2D eigenvalue weighted by atomic mass is 79.9. The number of carbonyl (C=O) groups is 1. The van der Waals surface area contributed by atoms with E-state index >= 15 is 0 Å². The molecule has 2 N–H and O–H groups in total. The molecular weight excluding hydrogens is 460 g/mol. The summed E-state index contributed by atoms with van der Waals surface area (Å²) in [5, 5.41) is 6.44. The van der Waals surface area contributed by atoms with E-state index in [1.165, 1.54) is 38.5 Å². The fourth-order valence-electron chi connectivity index (χ4n) is 4.20. The second-order valence-electron chi connectivity index (χ2n) is 8.95. The van der Waals surface area contributed by atoms with E-state index in [9.17, 15) is 4.79 Å². The van der Waals surface area contributed by atoms with Gasteiger partial charge in [-0.25, -0.2) is 0 Å². The van der Waals surface area contributed by atoms with Crippen molar-refractivity contribution < 1.29 is 4.79 Å². The Kier molecular flexibility index (Phi) is 12.7. The van der Waals surface area contributed by atoms with Gasteiger partial charge < -0.3 is 10.6 Å². The maximum atomic E-state index is 13.2. The number of allylic oxidation sites excluding steroid dienone is 2. The predicted octanol–water partition coefficient (Wildman–Crippen LogP) is 7.73. The van der Waals surface area contributed by atoms with Crippen LogP contribution in [0.1, 0.15) is 77.3 Å². The summed E-state index contributed by atoms with van der Waals surface area (Å²) in [5.74, 6) is 1.75. The van der Waals surface area contributed by atoms with Crippen molar-refractivity contribution in [3.05, 3.63) is 64.4 Å². The minimum absolute atomic E-state index is 0.0455. The molecule has 0 radical (unpaired) electrons.